The van der Waals surface area contributed by atoms with Gasteiger partial charge in [-0.1, -0.05) is 13.3 Å². The average molecular weight is 272 g/mol. The SMILES string of the molecule is CCCCn1cc(Br)cc(C(N)=O)c1=N. The van der Waals surface area contributed by atoms with Crippen molar-refractivity contribution in [2.45, 2.75) is 26.3 Å². The maximum absolute atomic E-state index is 11.1. The predicted octanol–water partition coefficient (Wildman–Crippen LogP) is 1.63. The van der Waals surface area contributed by atoms with Crippen LogP contribution in [-0.4, -0.2) is 10.5 Å². The molecule has 5 heteroatoms. The molecule has 0 fully saturated rings. The minimum absolute atomic E-state index is 0.180. The monoisotopic (exact) mass is 271 g/mol. The Morgan fingerprint density at radius 2 is 2.33 bits per heavy atom. The van der Waals surface area contributed by atoms with E-state index in [4.69, 9.17) is 11.1 Å². The predicted molar refractivity (Wildman–Crippen MR) is 61.4 cm³/mol. The summed E-state index contributed by atoms with van der Waals surface area (Å²) in [7, 11) is 0. The first-order valence-electron chi connectivity index (χ1n) is 4.80. The van der Waals surface area contributed by atoms with Gasteiger partial charge >= 0.3 is 0 Å². The maximum atomic E-state index is 11.1. The number of hydrogen-bond acceptors (Lipinski definition) is 2. The van der Waals surface area contributed by atoms with Crippen LogP contribution >= 0.6 is 15.9 Å². The van der Waals surface area contributed by atoms with Crippen molar-refractivity contribution in [1.82, 2.24) is 4.57 Å². The van der Waals surface area contributed by atoms with Gasteiger partial charge in [0.05, 0.1) is 5.56 Å². The Bertz CT molecular complexity index is 425. The number of unbranched alkanes of at least 4 members (excludes halogenated alkanes) is 1. The molecule has 0 radical (unpaired) electrons. The number of pyridine rings is 1. The number of nitrogens with zero attached hydrogens (tertiary/aromatic N) is 1. The van der Waals surface area contributed by atoms with Gasteiger partial charge in [-0.2, -0.15) is 0 Å². The van der Waals surface area contributed by atoms with E-state index in [0.29, 0.717) is 0 Å². The number of rotatable bonds is 4. The van der Waals surface area contributed by atoms with E-state index in [2.05, 4.69) is 22.9 Å². The molecule has 1 rings (SSSR count). The van der Waals surface area contributed by atoms with Crippen molar-refractivity contribution in [3.05, 3.63) is 27.8 Å². The molecule has 1 amide bonds. The summed E-state index contributed by atoms with van der Waals surface area (Å²) in [5.74, 6) is -0.563. The zero-order chi connectivity index (χ0) is 11.4. The molecule has 4 nitrogen and oxygen atoms in total. The van der Waals surface area contributed by atoms with Crippen LogP contribution in [0.2, 0.25) is 0 Å². The Labute approximate surface area is 96.7 Å². The highest BCUT2D eigenvalue weighted by Gasteiger charge is 2.07. The normalized spacial score (nSPS) is 10.3. The first-order chi connectivity index (χ1) is 7.06. The van der Waals surface area contributed by atoms with Crippen molar-refractivity contribution in [1.29, 1.82) is 5.41 Å². The summed E-state index contributed by atoms with van der Waals surface area (Å²) >= 11 is 3.30. The van der Waals surface area contributed by atoms with E-state index in [1.54, 1.807) is 16.8 Å². The molecule has 0 aliphatic heterocycles. The lowest BCUT2D eigenvalue weighted by Gasteiger charge is -2.08. The number of aryl methyl sites for hydroxylation is 1. The lowest BCUT2D eigenvalue weighted by Crippen LogP contribution is -2.29. The zero-order valence-corrected chi connectivity index (χ0v) is 10.2. The number of carbonyl (C=O) groups excluding carboxylic acids is 1. The van der Waals surface area contributed by atoms with Crippen molar-refractivity contribution in [3.8, 4) is 0 Å². The number of hydrogen-bond donors (Lipinski definition) is 2. The van der Waals surface area contributed by atoms with Crippen LogP contribution in [0.5, 0.6) is 0 Å². The third-order valence-electron chi connectivity index (χ3n) is 2.12. The Balaban J connectivity index is 3.17. The fourth-order valence-corrected chi connectivity index (χ4v) is 1.78. The molecule has 0 saturated carbocycles. The van der Waals surface area contributed by atoms with Crippen LogP contribution < -0.4 is 11.2 Å². The first kappa shape index (κ1) is 12.0. The number of primary amides is 1. The molecule has 0 bridgehead atoms. The Kier molecular flexibility index (Phi) is 4.08. The molecule has 0 atom stereocenters. The van der Waals surface area contributed by atoms with Gasteiger partial charge in [-0.3, -0.25) is 10.2 Å². The van der Waals surface area contributed by atoms with Crippen molar-refractivity contribution in [2.24, 2.45) is 5.73 Å². The minimum Gasteiger partial charge on any atom is -0.365 e. The van der Waals surface area contributed by atoms with Gasteiger partial charge in [-0.05, 0) is 28.4 Å². The molecule has 0 aliphatic rings. The first-order valence-corrected chi connectivity index (χ1v) is 5.60. The largest absolute Gasteiger partial charge is 0.365 e. The highest BCUT2D eigenvalue weighted by atomic mass is 79.9. The van der Waals surface area contributed by atoms with Gasteiger partial charge in [0.1, 0.15) is 5.49 Å². The van der Waals surface area contributed by atoms with E-state index >= 15 is 0 Å². The molecule has 1 aromatic heterocycles. The van der Waals surface area contributed by atoms with Gasteiger partial charge in [0.25, 0.3) is 5.91 Å². The van der Waals surface area contributed by atoms with Crippen LogP contribution in [0.3, 0.4) is 0 Å². The Morgan fingerprint density at radius 1 is 1.67 bits per heavy atom. The summed E-state index contributed by atoms with van der Waals surface area (Å²) in [5, 5.41) is 7.79. The van der Waals surface area contributed by atoms with Crippen LogP contribution in [0.25, 0.3) is 0 Å². The lowest BCUT2D eigenvalue weighted by atomic mass is 10.2. The minimum atomic E-state index is -0.563. The summed E-state index contributed by atoms with van der Waals surface area (Å²) in [6.07, 6.45) is 3.82. The van der Waals surface area contributed by atoms with Crippen LogP contribution in [0.4, 0.5) is 0 Å². The van der Waals surface area contributed by atoms with Crippen LogP contribution in [0, 0.1) is 5.41 Å². The van der Waals surface area contributed by atoms with Gasteiger partial charge in [0.2, 0.25) is 0 Å². The fourth-order valence-electron chi connectivity index (χ4n) is 1.30. The molecule has 1 heterocycles. The van der Waals surface area contributed by atoms with Crippen LogP contribution in [0.1, 0.15) is 30.1 Å². The lowest BCUT2D eigenvalue weighted by molar-refractivity contribution is 0.0997. The number of nitrogens with two attached hydrogens (primary N) is 1. The number of nitrogens with one attached hydrogen (secondary N) is 1. The third kappa shape index (κ3) is 2.92. The summed E-state index contributed by atoms with van der Waals surface area (Å²) in [4.78, 5) is 11.1. The molecular formula is C10H14BrN3O. The molecule has 3 N–H and O–H groups in total. The average Bonchev–Trinajstić information content (AvgIpc) is 2.18. The summed E-state index contributed by atoms with van der Waals surface area (Å²) in [6.45, 7) is 2.81. The number of amides is 1. The van der Waals surface area contributed by atoms with Gasteiger partial charge in [0.15, 0.2) is 0 Å². The molecule has 1 aromatic rings. The van der Waals surface area contributed by atoms with E-state index in [9.17, 15) is 4.79 Å². The second-order valence-electron chi connectivity index (χ2n) is 3.33. The van der Waals surface area contributed by atoms with Crippen LogP contribution in [0.15, 0.2) is 16.7 Å². The van der Waals surface area contributed by atoms with E-state index < -0.39 is 5.91 Å². The summed E-state index contributed by atoms with van der Waals surface area (Å²) in [6, 6.07) is 1.58. The van der Waals surface area contributed by atoms with E-state index in [1.807, 2.05) is 0 Å². The number of halogens is 1. The molecule has 15 heavy (non-hydrogen) atoms. The molecular weight excluding hydrogens is 258 g/mol. The number of aromatic nitrogens is 1. The molecule has 0 aliphatic carbocycles. The van der Waals surface area contributed by atoms with E-state index in [1.165, 1.54) is 0 Å². The van der Waals surface area contributed by atoms with Gasteiger partial charge < -0.3 is 10.3 Å². The van der Waals surface area contributed by atoms with E-state index in [0.717, 1.165) is 23.9 Å². The summed E-state index contributed by atoms with van der Waals surface area (Å²) in [5.41, 5.74) is 5.62. The highest BCUT2D eigenvalue weighted by Crippen LogP contribution is 2.09. The quantitative estimate of drug-likeness (QED) is 0.859. The molecule has 0 unspecified atom stereocenters. The fraction of sp³-hybridized carbons (Fsp3) is 0.400. The van der Waals surface area contributed by atoms with Crippen molar-refractivity contribution < 1.29 is 4.79 Å². The van der Waals surface area contributed by atoms with Gasteiger partial charge in [-0.25, -0.2) is 0 Å². The smallest absolute Gasteiger partial charge is 0.252 e. The maximum Gasteiger partial charge on any atom is 0.252 e. The van der Waals surface area contributed by atoms with Crippen molar-refractivity contribution in [2.75, 3.05) is 0 Å². The van der Waals surface area contributed by atoms with Gasteiger partial charge in [0, 0.05) is 17.2 Å². The second-order valence-corrected chi connectivity index (χ2v) is 4.25. The van der Waals surface area contributed by atoms with Gasteiger partial charge in [-0.15, -0.1) is 0 Å². The highest BCUT2D eigenvalue weighted by molar-refractivity contribution is 9.10. The van der Waals surface area contributed by atoms with E-state index in [-0.39, 0.29) is 11.1 Å². The molecule has 0 saturated heterocycles. The second kappa shape index (κ2) is 5.11. The van der Waals surface area contributed by atoms with Crippen LogP contribution in [-0.2, 0) is 6.54 Å². The third-order valence-corrected chi connectivity index (χ3v) is 2.56. The Morgan fingerprint density at radius 3 is 2.87 bits per heavy atom. The molecule has 0 aromatic carbocycles. The topological polar surface area (TPSA) is 71.9 Å². The van der Waals surface area contributed by atoms with Crippen molar-refractivity contribution in [3.63, 3.8) is 0 Å². The number of carbonyl (C=O) groups is 1. The summed E-state index contributed by atoms with van der Waals surface area (Å²) < 4.78 is 2.50. The van der Waals surface area contributed by atoms with Crippen molar-refractivity contribution >= 4 is 21.8 Å². The molecule has 0 spiro atoms. The zero-order valence-electron chi connectivity index (χ0n) is 8.59. The molecule has 82 valence electrons. The standard InChI is InChI=1S/C10H14BrN3O/c1-2-3-4-14-6-7(11)5-8(9(14)12)10(13)15/h5-6,12H,2-4H2,1H3,(H2,13,15). The Hall–Kier alpha value is -1.10.